The number of rotatable bonds is 8. The summed E-state index contributed by atoms with van der Waals surface area (Å²) >= 11 is 0. The average molecular weight is 244 g/mol. The number of aromatic nitrogens is 3. The summed E-state index contributed by atoms with van der Waals surface area (Å²) in [6, 6.07) is 0. The van der Waals surface area contributed by atoms with Crippen LogP contribution in [-0.4, -0.2) is 64.1 Å². The molecule has 8 heteroatoms. The van der Waals surface area contributed by atoms with Crippen molar-refractivity contribution in [3.05, 3.63) is 11.9 Å². The first kappa shape index (κ1) is 13.6. The summed E-state index contributed by atoms with van der Waals surface area (Å²) in [6.45, 7) is 1.17. The van der Waals surface area contributed by atoms with Crippen LogP contribution in [-0.2, 0) is 11.3 Å². The van der Waals surface area contributed by atoms with E-state index in [1.54, 1.807) is 0 Å². The number of carbonyl (C=O) groups excluding carboxylic acids is 1. The van der Waals surface area contributed by atoms with E-state index in [0.717, 1.165) is 0 Å². The van der Waals surface area contributed by atoms with Crippen molar-refractivity contribution in [2.45, 2.75) is 6.54 Å². The van der Waals surface area contributed by atoms with Gasteiger partial charge in [0, 0.05) is 6.54 Å². The number of nitrogens with one attached hydrogen (secondary N) is 1. The molecule has 0 aliphatic heterocycles. The van der Waals surface area contributed by atoms with Crippen LogP contribution in [0.3, 0.4) is 0 Å². The van der Waals surface area contributed by atoms with Gasteiger partial charge in [-0.05, 0) is 0 Å². The molecule has 1 aromatic heterocycles. The molecule has 0 spiro atoms. The van der Waals surface area contributed by atoms with Gasteiger partial charge in [-0.2, -0.15) is 0 Å². The zero-order valence-corrected chi connectivity index (χ0v) is 9.37. The molecule has 8 nitrogen and oxygen atoms in total. The highest BCUT2D eigenvalue weighted by Gasteiger charge is 2.09. The SMILES string of the molecule is O=C(NCCO)c1cn(CCOCCO)nn1. The zero-order valence-electron chi connectivity index (χ0n) is 9.37. The minimum absolute atomic E-state index is 0.0217. The van der Waals surface area contributed by atoms with Crippen LogP contribution >= 0.6 is 0 Å². The Balaban J connectivity index is 2.34. The molecule has 0 aromatic carbocycles. The second-order valence-electron chi connectivity index (χ2n) is 3.18. The van der Waals surface area contributed by atoms with Gasteiger partial charge in [-0.3, -0.25) is 4.79 Å². The third-order valence-corrected chi connectivity index (χ3v) is 1.87. The van der Waals surface area contributed by atoms with Crippen molar-refractivity contribution in [3.63, 3.8) is 0 Å². The summed E-state index contributed by atoms with van der Waals surface area (Å²) in [5.41, 5.74) is 0.195. The summed E-state index contributed by atoms with van der Waals surface area (Å²) in [5.74, 6) is -0.374. The first-order chi connectivity index (χ1) is 8.27. The first-order valence-corrected chi connectivity index (χ1v) is 5.25. The van der Waals surface area contributed by atoms with Crippen LogP contribution in [0.5, 0.6) is 0 Å². The van der Waals surface area contributed by atoms with Crippen LogP contribution in [0.25, 0.3) is 0 Å². The molecule has 0 aliphatic rings. The maximum absolute atomic E-state index is 11.4. The number of aliphatic hydroxyl groups excluding tert-OH is 2. The molecule has 0 saturated heterocycles. The van der Waals surface area contributed by atoms with Gasteiger partial charge in [0.25, 0.3) is 5.91 Å². The Kier molecular flexibility index (Phi) is 6.15. The van der Waals surface area contributed by atoms with Crippen LogP contribution < -0.4 is 5.32 Å². The smallest absolute Gasteiger partial charge is 0.273 e. The van der Waals surface area contributed by atoms with E-state index < -0.39 is 0 Å². The predicted molar refractivity (Wildman–Crippen MR) is 57.3 cm³/mol. The van der Waals surface area contributed by atoms with Crippen molar-refractivity contribution in [1.29, 1.82) is 0 Å². The Hall–Kier alpha value is -1.51. The monoisotopic (exact) mass is 244 g/mol. The maximum Gasteiger partial charge on any atom is 0.273 e. The number of carbonyl (C=O) groups is 1. The lowest BCUT2D eigenvalue weighted by Crippen LogP contribution is -2.26. The molecule has 96 valence electrons. The van der Waals surface area contributed by atoms with E-state index >= 15 is 0 Å². The summed E-state index contributed by atoms with van der Waals surface area (Å²) in [6.07, 6.45) is 1.50. The Morgan fingerprint density at radius 3 is 2.94 bits per heavy atom. The van der Waals surface area contributed by atoms with Gasteiger partial charge in [-0.25, -0.2) is 4.68 Å². The zero-order chi connectivity index (χ0) is 12.5. The van der Waals surface area contributed by atoms with Crippen LogP contribution in [0.4, 0.5) is 0 Å². The molecule has 1 rings (SSSR count). The lowest BCUT2D eigenvalue weighted by atomic mass is 10.4. The lowest BCUT2D eigenvalue weighted by molar-refractivity contribution is 0.0851. The summed E-state index contributed by atoms with van der Waals surface area (Å²) in [4.78, 5) is 11.4. The Labute approximate surface area is 98.2 Å². The van der Waals surface area contributed by atoms with E-state index in [1.807, 2.05) is 0 Å². The third-order valence-electron chi connectivity index (χ3n) is 1.87. The molecule has 1 aromatic rings. The van der Waals surface area contributed by atoms with Gasteiger partial charge < -0.3 is 20.3 Å². The molecule has 0 bridgehead atoms. The van der Waals surface area contributed by atoms with Crippen LogP contribution in [0.1, 0.15) is 10.5 Å². The van der Waals surface area contributed by atoms with Crippen molar-refractivity contribution < 1.29 is 19.7 Å². The largest absolute Gasteiger partial charge is 0.395 e. The van der Waals surface area contributed by atoms with Gasteiger partial charge in [0.1, 0.15) is 0 Å². The summed E-state index contributed by atoms with van der Waals surface area (Å²) < 4.78 is 6.53. The fourth-order valence-electron chi connectivity index (χ4n) is 1.10. The molecule has 0 aliphatic carbocycles. The molecule has 0 atom stereocenters. The Bertz CT molecular complexity index is 341. The minimum Gasteiger partial charge on any atom is -0.395 e. The highest BCUT2D eigenvalue weighted by molar-refractivity contribution is 5.91. The van der Waals surface area contributed by atoms with E-state index in [4.69, 9.17) is 14.9 Å². The van der Waals surface area contributed by atoms with Crippen LogP contribution in [0.15, 0.2) is 6.20 Å². The van der Waals surface area contributed by atoms with Gasteiger partial charge in [0.2, 0.25) is 0 Å². The minimum atomic E-state index is -0.374. The molecular formula is C9H16N4O4. The second-order valence-corrected chi connectivity index (χ2v) is 3.18. The van der Waals surface area contributed by atoms with Gasteiger partial charge in [0.05, 0.1) is 39.2 Å². The molecule has 17 heavy (non-hydrogen) atoms. The topological polar surface area (TPSA) is 110 Å². The quantitative estimate of drug-likeness (QED) is 0.457. The Morgan fingerprint density at radius 2 is 2.24 bits per heavy atom. The molecule has 0 radical (unpaired) electrons. The van der Waals surface area contributed by atoms with Crippen LogP contribution in [0.2, 0.25) is 0 Å². The lowest BCUT2D eigenvalue weighted by Gasteiger charge is -2.01. The molecule has 0 unspecified atom stereocenters. The van der Waals surface area contributed by atoms with Gasteiger partial charge in [0.15, 0.2) is 5.69 Å². The van der Waals surface area contributed by atoms with Gasteiger partial charge >= 0.3 is 0 Å². The molecule has 0 saturated carbocycles. The van der Waals surface area contributed by atoms with Crippen molar-refractivity contribution in [2.75, 3.05) is 33.0 Å². The summed E-state index contributed by atoms with van der Waals surface area (Å²) in [5, 5.41) is 26.9. The second kappa shape index (κ2) is 7.71. The molecular weight excluding hydrogens is 228 g/mol. The normalized spacial score (nSPS) is 10.5. The molecule has 1 amide bonds. The fourth-order valence-corrected chi connectivity index (χ4v) is 1.10. The highest BCUT2D eigenvalue weighted by Crippen LogP contribution is 1.93. The molecule has 0 fully saturated rings. The van der Waals surface area contributed by atoms with Crippen LogP contribution in [0, 0.1) is 0 Å². The van der Waals surface area contributed by atoms with E-state index in [0.29, 0.717) is 13.2 Å². The Morgan fingerprint density at radius 1 is 1.41 bits per heavy atom. The number of hydrogen-bond acceptors (Lipinski definition) is 6. The molecule has 3 N–H and O–H groups in total. The van der Waals surface area contributed by atoms with Gasteiger partial charge in [-0.1, -0.05) is 5.21 Å². The average Bonchev–Trinajstić information content (AvgIpc) is 2.80. The number of ether oxygens (including phenoxy) is 1. The van der Waals surface area contributed by atoms with Gasteiger partial charge in [-0.15, -0.1) is 5.10 Å². The maximum atomic E-state index is 11.4. The number of hydrogen-bond donors (Lipinski definition) is 3. The fraction of sp³-hybridized carbons (Fsp3) is 0.667. The number of nitrogens with zero attached hydrogens (tertiary/aromatic N) is 3. The molecule has 1 heterocycles. The number of aliphatic hydroxyl groups is 2. The van der Waals surface area contributed by atoms with E-state index in [1.165, 1.54) is 10.9 Å². The predicted octanol–water partition coefficient (Wildman–Crippen LogP) is -1.99. The summed E-state index contributed by atoms with van der Waals surface area (Å²) in [7, 11) is 0. The van der Waals surface area contributed by atoms with E-state index in [-0.39, 0.29) is 38.0 Å². The first-order valence-electron chi connectivity index (χ1n) is 5.25. The number of amides is 1. The van der Waals surface area contributed by atoms with E-state index in [9.17, 15) is 4.79 Å². The highest BCUT2D eigenvalue weighted by atomic mass is 16.5. The van der Waals surface area contributed by atoms with Crippen molar-refractivity contribution in [2.24, 2.45) is 0 Å². The van der Waals surface area contributed by atoms with E-state index in [2.05, 4.69) is 15.6 Å². The van der Waals surface area contributed by atoms with Crippen molar-refractivity contribution in [3.8, 4) is 0 Å². The standard InChI is InChI=1S/C9H16N4O4/c14-3-1-10-9(16)8-7-13(12-11-8)2-5-17-6-4-15/h7,14-15H,1-6H2,(H,10,16). The third kappa shape index (κ3) is 4.89. The van der Waals surface area contributed by atoms with Crippen molar-refractivity contribution >= 4 is 5.91 Å². The van der Waals surface area contributed by atoms with Crippen molar-refractivity contribution in [1.82, 2.24) is 20.3 Å².